The van der Waals surface area contributed by atoms with Gasteiger partial charge in [0.15, 0.2) is 12.1 Å². The van der Waals surface area contributed by atoms with Crippen molar-refractivity contribution in [2.45, 2.75) is 17.5 Å². The second-order valence-corrected chi connectivity index (χ2v) is 18.3. The molecule has 0 N–H and O–H groups in total. The van der Waals surface area contributed by atoms with Crippen LogP contribution >= 0.6 is 19.0 Å². The molecular formula is C46H40N2O3PS+. The molecule has 0 spiro atoms. The molecule has 53 heavy (non-hydrogen) atoms. The molecule has 3 atom stereocenters. The third-order valence-corrected chi connectivity index (χ3v) is 16.5. The Hall–Kier alpha value is -5.29. The van der Waals surface area contributed by atoms with E-state index < -0.39 is 24.8 Å². The van der Waals surface area contributed by atoms with Crippen LogP contribution in [-0.2, 0) is 14.3 Å². The van der Waals surface area contributed by atoms with Gasteiger partial charge in [-0.3, -0.25) is 14.6 Å². The van der Waals surface area contributed by atoms with Crippen LogP contribution in [0.2, 0.25) is 0 Å². The van der Waals surface area contributed by atoms with Crippen molar-refractivity contribution in [3.8, 4) is 0 Å². The number of rotatable bonds is 11. The quantitative estimate of drug-likeness (QED) is 0.0594. The number of nitrogens with zero attached hydrogens (tertiary/aromatic N) is 2. The average Bonchev–Trinajstić information content (AvgIpc) is 3.24. The summed E-state index contributed by atoms with van der Waals surface area (Å²) in [6.07, 6.45) is 1.67. The van der Waals surface area contributed by atoms with Gasteiger partial charge in [-0.1, -0.05) is 146 Å². The molecule has 6 aromatic rings. The minimum absolute atomic E-state index is 0.0581. The summed E-state index contributed by atoms with van der Waals surface area (Å²) in [4.78, 5) is 36.1. The van der Waals surface area contributed by atoms with E-state index in [2.05, 4.69) is 72.8 Å². The molecule has 2 heterocycles. The van der Waals surface area contributed by atoms with E-state index in [1.54, 1.807) is 18.0 Å². The molecular weight excluding hydrogens is 692 g/mol. The normalized spacial score (nSPS) is 19.8. The van der Waals surface area contributed by atoms with Crippen LogP contribution in [0.3, 0.4) is 0 Å². The highest BCUT2D eigenvalue weighted by Gasteiger charge is 2.63. The van der Waals surface area contributed by atoms with Crippen molar-refractivity contribution >= 4 is 53.0 Å². The number of esters is 1. The third kappa shape index (κ3) is 6.85. The van der Waals surface area contributed by atoms with Crippen LogP contribution in [0.5, 0.6) is 0 Å². The van der Waals surface area contributed by atoms with Crippen molar-refractivity contribution < 1.29 is 14.3 Å². The standard InChI is InChI=1S/C46H40N2O3PS/c49-43-41(47-31-35-19-7-1-8-20-35)44-48(43)32-46(34-53-44,45(50)51-42(36-21-9-2-10-22-36)37-23-11-3-12-24-37)33-52(38-25-13-4-14-26-38,39-27-15-5-16-28-39)40-29-17-6-18-30-40/h1-31,41-42,44H,32-34H2/q+1/t41?,44-,46?/m1/s1. The van der Waals surface area contributed by atoms with Gasteiger partial charge in [0.1, 0.15) is 34.0 Å². The van der Waals surface area contributed by atoms with Crippen molar-refractivity contribution in [1.82, 2.24) is 4.90 Å². The Balaban J connectivity index is 1.24. The van der Waals surface area contributed by atoms with Gasteiger partial charge in [0, 0.05) is 18.5 Å². The van der Waals surface area contributed by atoms with Gasteiger partial charge < -0.3 is 9.64 Å². The van der Waals surface area contributed by atoms with Crippen LogP contribution < -0.4 is 15.9 Å². The smallest absolute Gasteiger partial charge is 0.319 e. The number of hydrogen-bond donors (Lipinski definition) is 0. The number of ether oxygens (including phenoxy) is 1. The van der Waals surface area contributed by atoms with E-state index >= 15 is 4.79 Å². The van der Waals surface area contributed by atoms with Crippen LogP contribution in [0.25, 0.3) is 0 Å². The molecule has 2 aliphatic rings. The molecule has 2 saturated heterocycles. The largest absolute Gasteiger partial charge is 0.452 e. The maximum atomic E-state index is 15.4. The number of β-lactam (4-membered cyclic amide) rings is 1. The van der Waals surface area contributed by atoms with Crippen molar-refractivity contribution in [3.05, 3.63) is 199 Å². The molecule has 2 fully saturated rings. The van der Waals surface area contributed by atoms with Crippen LogP contribution in [0.1, 0.15) is 22.8 Å². The van der Waals surface area contributed by atoms with Crippen LogP contribution in [0.15, 0.2) is 187 Å². The molecule has 2 unspecified atom stereocenters. The number of carbonyl (C=O) groups is 2. The Morgan fingerprint density at radius 1 is 0.698 bits per heavy atom. The summed E-state index contributed by atoms with van der Waals surface area (Å²) in [7, 11) is -2.52. The van der Waals surface area contributed by atoms with E-state index in [9.17, 15) is 4.79 Å². The third-order valence-electron chi connectivity index (χ3n) is 10.3. The first-order valence-electron chi connectivity index (χ1n) is 17.9. The second-order valence-electron chi connectivity index (χ2n) is 13.7. The highest BCUT2D eigenvalue weighted by molar-refractivity contribution is 8.00. The van der Waals surface area contributed by atoms with Crippen molar-refractivity contribution in [1.29, 1.82) is 0 Å². The van der Waals surface area contributed by atoms with Crippen molar-refractivity contribution in [2.24, 2.45) is 10.4 Å². The molecule has 7 heteroatoms. The van der Waals surface area contributed by atoms with E-state index in [0.717, 1.165) is 16.7 Å². The lowest BCUT2D eigenvalue weighted by atomic mass is 9.88. The van der Waals surface area contributed by atoms with E-state index in [0.29, 0.717) is 11.9 Å². The zero-order valence-electron chi connectivity index (χ0n) is 29.2. The zero-order chi connectivity index (χ0) is 36.1. The van der Waals surface area contributed by atoms with Crippen LogP contribution in [0.4, 0.5) is 0 Å². The van der Waals surface area contributed by atoms with Crippen molar-refractivity contribution in [2.75, 3.05) is 18.5 Å². The number of thioether (sulfide) groups is 1. The monoisotopic (exact) mass is 731 g/mol. The SMILES string of the molecule is O=C1C(N=Cc2ccccc2)[C@H]2SCC(C[P+](c3ccccc3)(c3ccccc3)c3ccccc3)(C(=O)OC(c3ccccc3)c3ccccc3)CN12. The van der Waals surface area contributed by atoms with Gasteiger partial charge in [-0.2, -0.15) is 0 Å². The Labute approximate surface area is 316 Å². The predicted octanol–water partition coefficient (Wildman–Crippen LogP) is 7.70. The number of fused-ring (bicyclic) bond motifs is 1. The summed E-state index contributed by atoms with van der Waals surface area (Å²) in [5.41, 5.74) is 1.71. The van der Waals surface area contributed by atoms with Crippen molar-refractivity contribution in [3.63, 3.8) is 0 Å². The minimum atomic E-state index is -2.52. The number of hydrogen-bond acceptors (Lipinski definition) is 5. The molecule has 0 aliphatic carbocycles. The number of aliphatic imine (C=N–C) groups is 1. The number of benzene rings is 6. The molecule has 0 saturated carbocycles. The fraction of sp³-hybridized carbons (Fsp3) is 0.152. The van der Waals surface area contributed by atoms with Gasteiger partial charge in [0.25, 0.3) is 5.91 Å². The lowest BCUT2D eigenvalue weighted by Crippen LogP contribution is -2.69. The lowest BCUT2D eigenvalue weighted by molar-refractivity contribution is -0.163. The maximum absolute atomic E-state index is 15.4. The Morgan fingerprint density at radius 2 is 1.13 bits per heavy atom. The van der Waals surface area contributed by atoms with Gasteiger partial charge in [-0.25, -0.2) is 0 Å². The second kappa shape index (κ2) is 15.4. The van der Waals surface area contributed by atoms with E-state index in [1.807, 2.05) is 114 Å². The van der Waals surface area contributed by atoms with E-state index in [1.165, 1.54) is 15.9 Å². The van der Waals surface area contributed by atoms with Gasteiger partial charge in [0.05, 0.1) is 6.16 Å². The summed E-state index contributed by atoms with van der Waals surface area (Å²) in [5, 5.41) is 3.39. The average molecular weight is 732 g/mol. The Morgan fingerprint density at radius 3 is 1.60 bits per heavy atom. The molecule has 8 rings (SSSR count). The highest BCUT2D eigenvalue weighted by atomic mass is 32.2. The molecule has 6 aromatic carbocycles. The molecule has 2 aliphatic heterocycles. The molecule has 0 bridgehead atoms. The predicted molar refractivity (Wildman–Crippen MR) is 219 cm³/mol. The van der Waals surface area contributed by atoms with E-state index in [4.69, 9.17) is 9.73 Å². The fourth-order valence-corrected chi connectivity index (χ4v) is 14.1. The van der Waals surface area contributed by atoms with Gasteiger partial charge in [0.2, 0.25) is 0 Å². The molecule has 0 radical (unpaired) electrons. The molecule has 1 amide bonds. The first-order chi connectivity index (χ1) is 26.1. The molecule has 0 aromatic heterocycles. The summed E-state index contributed by atoms with van der Waals surface area (Å²) >= 11 is 1.65. The maximum Gasteiger partial charge on any atom is 0.319 e. The minimum Gasteiger partial charge on any atom is -0.452 e. The Bertz CT molecular complexity index is 2040. The summed E-state index contributed by atoms with van der Waals surface area (Å²) in [6, 6.07) is 61.1. The molecule has 262 valence electrons. The topological polar surface area (TPSA) is 59.0 Å². The highest BCUT2D eigenvalue weighted by Crippen LogP contribution is 2.61. The van der Waals surface area contributed by atoms with Gasteiger partial charge in [-0.05, 0) is 53.1 Å². The van der Waals surface area contributed by atoms with Gasteiger partial charge >= 0.3 is 5.97 Å². The Kier molecular flexibility index (Phi) is 10.1. The lowest BCUT2D eigenvalue weighted by Gasteiger charge is -2.53. The van der Waals surface area contributed by atoms with E-state index in [-0.39, 0.29) is 23.8 Å². The fourth-order valence-electron chi connectivity index (χ4n) is 7.64. The summed E-state index contributed by atoms with van der Waals surface area (Å²) in [6.45, 7) is 0.254. The molecule has 5 nitrogen and oxygen atoms in total. The van der Waals surface area contributed by atoms with Crippen LogP contribution in [-0.4, -0.2) is 52.9 Å². The first-order valence-corrected chi connectivity index (χ1v) is 21.0. The summed E-state index contributed by atoms with van der Waals surface area (Å²) in [5.74, 6) is 0.136. The first kappa shape index (κ1) is 34.8. The summed E-state index contributed by atoms with van der Waals surface area (Å²) < 4.78 is 6.79. The number of amides is 1. The van der Waals surface area contributed by atoms with Gasteiger partial charge in [-0.15, -0.1) is 11.8 Å². The zero-order valence-corrected chi connectivity index (χ0v) is 30.9. The number of carbonyl (C=O) groups excluding carboxylic acids is 2. The van der Waals surface area contributed by atoms with Crippen LogP contribution in [0, 0.1) is 5.41 Å².